The molecular formula is C32H54O3. The smallest absolute Gasteiger partial charge is 0.302 e. The minimum absolute atomic E-state index is 0.0254. The first kappa shape index (κ1) is 27.2. The fourth-order valence-corrected chi connectivity index (χ4v) is 10.4. The molecule has 4 aliphatic carbocycles. The lowest BCUT2D eigenvalue weighted by atomic mass is 9.39. The van der Waals surface area contributed by atoms with E-state index in [1.165, 1.54) is 44.9 Å². The van der Waals surface area contributed by atoms with Gasteiger partial charge in [-0.1, -0.05) is 60.8 Å². The number of Topliss-reactive ketones (excluding diaryl/α,β-unsaturated/α-hetero) is 1. The summed E-state index contributed by atoms with van der Waals surface area (Å²) in [4.78, 5) is 24.6. The van der Waals surface area contributed by atoms with Crippen LogP contribution in [0.1, 0.15) is 126 Å². The normalized spacial score (nSPS) is 45.9. The van der Waals surface area contributed by atoms with Gasteiger partial charge in [-0.15, -0.1) is 0 Å². The van der Waals surface area contributed by atoms with E-state index in [4.69, 9.17) is 4.74 Å². The number of ether oxygens (including phenoxy) is 1. The molecule has 4 fully saturated rings. The minimum atomic E-state index is -0.146. The predicted octanol–water partition coefficient (Wildman–Crippen LogP) is 8.24. The van der Waals surface area contributed by atoms with Crippen LogP contribution in [-0.2, 0) is 14.3 Å². The molecule has 35 heavy (non-hydrogen) atoms. The lowest BCUT2D eigenvalue weighted by Gasteiger charge is -2.66. The fraction of sp³-hybridized carbons (Fsp3) is 0.938. The summed E-state index contributed by atoms with van der Waals surface area (Å²) in [5, 5.41) is 0. The quantitative estimate of drug-likeness (QED) is 0.340. The highest BCUT2D eigenvalue weighted by Gasteiger charge is 2.67. The highest BCUT2D eigenvalue weighted by atomic mass is 16.5. The fourth-order valence-electron chi connectivity index (χ4n) is 10.4. The van der Waals surface area contributed by atoms with Gasteiger partial charge in [0.15, 0.2) is 0 Å². The van der Waals surface area contributed by atoms with E-state index in [9.17, 15) is 9.59 Å². The molecule has 4 aliphatic rings. The molecule has 0 aromatic carbocycles. The Morgan fingerprint density at radius 2 is 1.51 bits per heavy atom. The van der Waals surface area contributed by atoms with Crippen LogP contribution in [0, 0.1) is 57.7 Å². The molecule has 0 saturated heterocycles. The van der Waals surface area contributed by atoms with Gasteiger partial charge >= 0.3 is 5.97 Å². The van der Waals surface area contributed by atoms with Crippen molar-refractivity contribution in [3.05, 3.63) is 0 Å². The summed E-state index contributed by atoms with van der Waals surface area (Å²) >= 11 is 0. The largest absolute Gasteiger partial charge is 0.462 e. The SMILES string of the molecule is CC(=O)OC1CC2C(CCC3(C)C(C(C)CCCC(C)C)CCC23C)C2(C)CCC(C(C)=O)CC12. The summed E-state index contributed by atoms with van der Waals surface area (Å²) < 4.78 is 6.13. The van der Waals surface area contributed by atoms with Gasteiger partial charge in [-0.25, -0.2) is 0 Å². The molecular weight excluding hydrogens is 432 g/mol. The van der Waals surface area contributed by atoms with E-state index in [0.717, 1.165) is 43.4 Å². The van der Waals surface area contributed by atoms with Crippen LogP contribution >= 0.6 is 0 Å². The number of ketones is 1. The van der Waals surface area contributed by atoms with Crippen molar-refractivity contribution in [3.63, 3.8) is 0 Å². The van der Waals surface area contributed by atoms with Crippen molar-refractivity contribution in [3.8, 4) is 0 Å². The molecule has 200 valence electrons. The van der Waals surface area contributed by atoms with E-state index in [1.807, 2.05) is 0 Å². The van der Waals surface area contributed by atoms with Gasteiger partial charge in [0.25, 0.3) is 0 Å². The maximum Gasteiger partial charge on any atom is 0.302 e. The Hall–Kier alpha value is -0.860. The average Bonchev–Trinajstić information content (AvgIpc) is 3.04. The Morgan fingerprint density at radius 3 is 2.14 bits per heavy atom. The Kier molecular flexibility index (Phi) is 7.60. The second-order valence-corrected chi connectivity index (χ2v) is 14.6. The number of rotatable bonds is 7. The van der Waals surface area contributed by atoms with Gasteiger partial charge in [0.1, 0.15) is 11.9 Å². The molecule has 4 rings (SSSR count). The monoisotopic (exact) mass is 486 g/mol. The first-order valence-electron chi connectivity index (χ1n) is 15.0. The molecule has 3 nitrogen and oxygen atoms in total. The minimum Gasteiger partial charge on any atom is -0.462 e. The van der Waals surface area contributed by atoms with Gasteiger partial charge in [0.05, 0.1) is 0 Å². The van der Waals surface area contributed by atoms with Crippen molar-refractivity contribution < 1.29 is 14.3 Å². The lowest BCUT2D eigenvalue weighted by molar-refractivity contribution is -0.206. The third kappa shape index (κ3) is 4.54. The second-order valence-electron chi connectivity index (χ2n) is 14.6. The number of carbonyl (C=O) groups is 2. The number of fused-ring (bicyclic) bond motifs is 5. The molecule has 0 amide bonds. The third-order valence-corrected chi connectivity index (χ3v) is 12.6. The zero-order valence-electron chi connectivity index (χ0n) is 24.1. The van der Waals surface area contributed by atoms with Gasteiger partial charge in [-0.05, 0) is 104 Å². The van der Waals surface area contributed by atoms with E-state index in [-0.39, 0.29) is 23.4 Å². The lowest BCUT2D eigenvalue weighted by Crippen LogP contribution is -2.61. The predicted molar refractivity (Wildman–Crippen MR) is 143 cm³/mol. The summed E-state index contributed by atoms with van der Waals surface area (Å²) in [5.74, 6) is 4.37. The van der Waals surface area contributed by atoms with Crippen LogP contribution in [0.15, 0.2) is 0 Å². The molecule has 0 spiro atoms. The Balaban J connectivity index is 1.61. The molecule has 0 aliphatic heterocycles. The van der Waals surface area contributed by atoms with Crippen molar-refractivity contribution in [1.82, 2.24) is 0 Å². The summed E-state index contributed by atoms with van der Waals surface area (Å²) in [6.45, 7) is 18.3. The van der Waals surface area contributed by atoms with E-state index in [0.29, 0.717) is 34.4 Å². The highest BCUT2D eigenvalue weighted by molar-refractivity contribution is 5.78. The zero-order valence-corrected chi connectivity index (χ0v) is 24.1. The molecule has 0 heterocycles. The third-order valence-electron chi connectivity index (χ3n) is 12.6. The zero-order chi connectivity index (χ0) is 25.8. The Labute approximate surface area is 215 Å². The molecule has 3 heteroatoms. The molecule has 4 saturated carbocycles. The summed E-state index contributed by atoms with van der Waals surface area (Å²) in [6.07, 6.45) is 13.5. The summed E-state index contributed by atoms with van der Waals surface area (Å²) in [7, 11) is 0. The van der Waals surface area contributed by atoms with Gasteiger partial charge in [0.2, 0.25) is 0 Å². The van der Waals surface area contributed by atoms with E-state index in [2.05, 4.69) is 41.5 Å². The van der Waals surface area contributed by atoms with Crippen LogP contribution in [0.5, 0.6) is 0 Å². The van der Waals surface area contributed by atoms with E-state index in [1.54, 1.807) is 13.8 Å². The van der Waals surface area contributed by atoms with Gasteiger partial charge < -0.3 is 4.74 Å². The number of carbonyl (C=O) groups excluding carboxylic acids is 2. The number of esters is 1. The van der Waals surface area contributed by atoms with Crippen LogP contribution in [0.4, 0.5) is 0 Å². The molecule has 10 atom stereocenters. The first-order chi connectivity index (χ1) is 16.3. The van der Waals surface area contributed by atoms with Crippen LogP contribution < -0.4 is 0 Å². The molecule has 0 bridgehead atoms. The van der Waals surface area contributed by atoms with Crippen LogP contribution in [0.3, 0.4) is 0 Å². The standard InChI is InChI=1S/C32H54O3/c1-20(2)10-9-11-21(3)25-13-16-32(8)27-19-29(35-23(5)34)28-18-24(22(4)33)12-15-30(28,6)26(27)14-17-31(25,32)7/h20-21,24-29H,9-19H2,1-8H3. The van der Waals surface area contributed by atoms with Crippen LogP contribution in [-0.4, -0.2) is 17.9 Å². The molecule has 0 aromatic heterocycles. The topological polar surface area (TPSA) is 43.4 Å². The second kappa shape index (κ2) is 9.79. The molecule has 10 unspecified atom stereocenters. The summed E-state index contributed by atoms with van der Waals surface area (Å²) in [6, 6.07) is 0. The average molecular weight is 487 g/mol. The Bertz CT molecular complexity index is 803. The van der Waals surface area contributed by atoms with E-state index >= 15 is 0 Å². The van der Waals surface area contributed by atoms with E-state index < -0.39 is 0 Å². The molecule has 0 aromatic rings. The molecule has 0 radical (unpaired) electrons. The van der Waals surface area contributed by atoms with Crippen LogP contribution in [0.25, 0.3) is 0 Å². The summed E-state index contributed by atoms with van der Waals surface area (Å²) in [5.41, 5.74) is 0.878. The number of hydrogen-bond donors (Lipinski definition) is 0. The molecule has 0 N–H and O–H groups in total. The van der Waals surface area contributed by atoms with Crippen molar-refractivity contribution in [2.24, 2.45) is 57.7 Å². The van der Waals surface area contributed by atoms with Crippen molar-refractivity contribution >= 4 is 11.8 Å². The highest BCUT2D eigenvalue weighted by Crippen LogP contribution is 2.74. The van der Waals surface area contributed by atoms with Crippen molar-refractivity contribution in [2.75, 3.05) is 0 Å². The van der Waals surface area contributed by atoms with Crippen LogP contribution in [0.2, 0.25) is 0 Å². The van der Waals surface area contributed by atoms with Gasteiger partial charge in [0, 0.05) is 18.8 Å². The first-order valence-corrected chi connectivity index (χ1v) is 15.0. The van der Waals surface area contributed by atoms with Gasteiger partial charge in [-0.3, -0.25) is 9.59 Å². The van der Waals surface area contributed by atoms with Crippen molar-refractivity contribution in [2.45, 2.75) is 132 Å². The Morgan fingerprint density at radius 1 is 0.829 bits per heavy atom. The van der Waals surface area contributed by atoms with Gasteiger partial charge in [-0.2, -0.15) is 0 Å². The van der Waals surface area contributed by atoms with Crippen molar-refractivity contribution in [1.29, 1.82) is 0 Å². The maximum atomic E-state index is 12.3. The number of hydrogen-bond acceptors (Lipinski definition) is 3. The maximum absolute atomic E-state index is 12.3.